The van der Waals surface area contributed by atoms with Crippen molar-refractivity contribution in [3.05, 3.63) is 0 Å². The molecule has 1 amide bonds. The van der Waals surface area contributed by atoms with Gasteiger partial charge in [0.25, 0.3) is 10.2 Å². The molecule has 0 aromatic rings. The largest absolute Gasteiger partial charge is 0.353 e. The van der Waals surface area contributed by atoms with E-state index in [0.717, 1.165) is 44.9 Å². The molecule has 0 saturated carbocycles. The van der Waals surface area contributed by atoms with Crippen molar-refractivity contribution in [1.29, 1.82) is 0 Å². The minimum atomic E-state index is -3.42. The molecule has 6 nitrogen and oxygen atoms in total. The summed E-state index contributed by atoms with van der Waals surface area (Å²) in [6.07, 6.45) is 6.49. The number of rotatable bonds is 5. The summed E-state index contributed by atoms with van der Waals surface area (Å²) in [6, 6.07) is 0.139. The molecule has 2 fully saturated rings. The number of hydrogen-bond acceptors (Lipinski definition) is 3. The maximum absolute atomic E-state index is 12.9. The fourth-order valence-corrected chi connectivity index (χ4v) is 5.04. The highest BCUT2D eigenvalue weighted by Crippen LogP contribution is 2.23. The standard InChI is InChI=1S/C16H31N3O3S/c1-3-14(2)17-16(20)15-9-8-12-19(13-15)23(21,22)18-10-6-4-5-7-11-18/h14-15H,3-13H2,1-2H3,(H,17,20). The topological polar surface area (TPSA) is 69.7 Å². The van der Waals surface area contributed by atoms with E-state index in [1.54, 1.807) is 4.31 Å². The Kier molecular flexibility index (Phi) is 6.85. The molecule has 2 aliphatic heterocycles. The van der Waals surface area contributed by atoms with Crippen LogP contribution in [0.2, 0.25) is 0 Å². The van der Waals surface area contributed by atoms with E-state index < -0.39 is 10.2 Å². The zero-order chi connectivity index (χ0) is 16.9. The summed E-state index contributed by atoms with van der Waals surface area (Å²) in [6.45, 7) is 6.09. The van der Waals surface area contributed by atoms with E-state index >= 15 is 0 Å². The first kappa shape index (κ1) is 18.7. The molecule has 0 spiro atoms. The Labute approximate surface area is 140 Å². The molecule has 134 valence electrons. The minimum Gasteiger partial charge on any atom is -0.353 e. The number of nitrogens with one attached hydrogen (secondary N) is 1. The van der Waals surface area contributed by atoms with Crippen LogP contribution in [0, 0.1) is 5.92 Å². The summed E-state index contributed by atoms with van der Waals surface area (Å²) in [5.74, 6) is -0.227. The normalized spacial score (nSPS) is 26.4. The molecule has 2 unspecified atom stereocenters. The summed E-state index contributed by atoms with van der Waals surface area (Å²) < 4.78 is 28.9. The van der Waals surface area contributed by atoms with E-state index in [4.69, 9.17) is 0 Å². The lowest BCUT2D eigenvalue weighted by Gasteiger charge is -2.35. The first-order chi connectivity index (χ1) is 10.9. The molecule has 2 heterocycles. The second-order valence-corrected chi connectivity index (χ2v) is 8.76. The molecule has 0 aromatic heterocycles. The molecule has 1 N–H and O–H groups in total. The van der Waals surface area contributed by atoms with E-state index in [0.29, 0.717) is 26.2 Å². The van der Waals surface area contributed by atoms with Crippen LogP contribution in [0.5, 0.6) is 0 Å². The van der Waals surface area contributed by atoms with Gasteiger partial charge in [-0.25, -0.2) is 0 Å². The van der Waals surface area contributed by atoms with Crippen molar-refractivity contribution in [3.63, 3.8) is 0 Å². The fourth-order valence-electron chi connectivity index (χ4n) is 3.26. The Morgan fingerprint density at radius 3 is 2.30 bits per heavy atom. The van der Waals surface area contributed by atoms with Crippen LogP contribution in [-0.2, 0) is 15.0 Å². The van der Waals surface area contributed by atoms with Gasteiger partial charge in [0.15, 0.2) is 0 Å². The molecule has 0 radical (unpaired) electrons. The van der Waals surface area contributed by atoms with Crippen LogP contribution in [0.3, 0.4) is 0 Å². The second-order valence-electron chi connectivity index (χ2n) is 6.84. The molecular weight excluding hydrogens is 314 g/mol. The summed E-state index contributed by atoms with van der Waals surface area (Å²) in [5.41, 5.74) is 0. The van der Waals surface area contributed by atoms with Gasteiger partial charge in [-0.3, -0.25) is 4.79 Å². The van der Waals surface area contributed by atoms with Crippen LogP contribution < -0.4 is 5.32 Å². The summed E-state index contributed by atoms with van der Waals surface area (Å²) >= 11 is 0. The third-order valence-electron chi connectivity index (χ3n) is 4.97. The summed E-state index contributed by atoms with van der Waals surface area (Å²) in [5, 5.41) is 2.99. The van der Waals surface area contributed by atoms with Crippen LogP contribution in [-0.4, -0.2) is 55.2 Å². The molecule has 2 atom stereocenters. The highest BCUT2D eigenvalue weighted by Gasteiger charge is 2.36. The van der Waals surface area contributed by atoms with Crippen molar-refractivity contribution in [2.75, 3.05) is 26.2 Å². The van der Waals surface area contributed by atoms with E-state index in [2.05, 4.69) is 5.32 Å². The van der Waals surface area contributed by atoms with Gasteiger partial charge < -0.3 is 5.32 Å². The van der Waals surface area contributed by atoms with Crippen LogP contribution in [0.25, 0.3) is 0 Å². The van der Waals surface area contributed by atoms with Crippen LogP contribution >= 0.6 is 0 Å². The molecule has 0 aromatic carbocycles. The Bertz CT molecular complexity index is 487. The lowest BCUT2D eigenvalue weighted by Crippen LogP contribution is -2.51. The first-order valence-corrected chi connectivity index (χ1v) is 10.4. The Hall–Kier alpha value is -0.660. The average Bonchev–Trinajstić information content (AvgIpc) is 2.84. The molecule has 0 bridgehead atoms. The van der Waals surface area contributed by atoms with Gasteiger partial charge in [-0.1, -0.05) is 19.8 Å². The van der Waals surface area contributed by atoms with Crippen LogP contribution in [0.4, 0.5) is 0 Å². The van der Waals surface area contributed by atoms with Crippen molar-refractivity contribution in [3.8, 4) is 0 Å². The van der Waals surface area contributed by atoms with E-state index in [1.165, 1.54) is 4.31 Å². The molecule has 7 heteroatoms. The smallest absolute Gasteiger partial charge is 0.281 e. The number of hydrogen-bond donors (Lipinski definition) is 1. The Morgan fingerprint density at radius 1 is 1.09 bits per heavy atom. The first-order valence-electron chi connectivity index (χ1n) is 9.00. The van der Waals surface area contributed by atoms with Crippen LogP contribution in [0.1, 0.15) is 58.8 Å². The van der Waals surface area contributed by atoms with Gasteiger partial charge in [0.1, 0.15) is 0 Å². The quantitative estimate of drug-likeness (QED) is 0.825. The fraction of sp³-hybridized carbons (Fsp3) is 0.938. The number of carbonyl (C=O) groups is 1. The highest BCUT2D eigenvalue weighted by molar-refractivity contribution is 7.86. The maximum Gasteiger partial charge on any atom is 0.281 e. The van der Waals surface area contributed by atoms with Crippen molar-refractivity contribution >= 4 is 16.1 Å². The number of carbonyl (C=O) groups excluding carboxylic acids is 1. The maximum atomic E-state index is 12.9. The zero-order valence-corrected chi connectivity index (χ0v) is 15.3. The number of amides is 1. The van der Waals surface area contributed by atoms with Gasteiger partial charge in [-0.05, 0) is 39.0 Å². The number of piperidine rings is 1. The lowest BCUT2D eigenvalue weighted by atomic mass is 9.98. The summed E-state index contributed by atoms with van der Waals surface area (Å²) in [7, 11) is -3.42. The molecular formula is C16H31N3O3S. The molecule has 2 rings (SSSR count). The van der Waals surface area contributed by atoms with Gasteiger partial charge in [-0.15, -0.1) is 0 Å². The number of nitrogens with zero attached hydrogens (tertiary/aromatic N) is 2. The van der Waals surface area contributed by atoms with Crippen LogP contribution in [0.15, 0.2) is 0 Å². The summed E-state index contributed by atoms with van der Waals surface area (Å²) in [4.78, 5) is 12.3. The highest BCUT2D eigenvalue weighted by atomic mass is 32.2. The molecule has 23 heavy (non-hydrogen) atoms. The molecule has 2 saturated heterocycles. The van der Waals surface area contributed by atoms with Crippen molar-refractivity contribution < 1.29 is 13.2 Å². The third-order valence-corrected chi connectivity index (χ3v) is 6.98. The lowest BCUT2D eigenvalue weighted by molar-refractivity contribution is -0.126. The average molecular weight is 346 g/mol. The van der Waals surface area contributed by atoms with Gasteiger partial charge in [0, 0.05) is 32.2 Å². The minimum absolute atomic E-state index is 0.00452. The molecule has 0 aliphatic carbocycles. The van der Waals surface area contributed by atoms with Gasteiger partial charge in [-0.2, -0.15) is 17.0 Å². The second kappa shape index (κ2) is 8.44. The van der Waals surface area contributed by atoms with Crippen molar-refractivity contribution in [1.82, 2.24) is 13.9 Å². The zero-order valence-electron chi connectivity index (χ0n) is 14.5. The van der Waals surface area contributed by atoms with Crippen molar-refractivity contribution in [2.24, 2.45) is 5.92 Å². The van der Waals surface area contributed by atoms with Gasteiger partial charge >= 0.3 is 0 Å². The van der Waals surface area contributed by atoms with Gasteiger partial charge in [0.2, 0.25) is 5.91 Å². The molecule has 2 aliphatic rings. The van der Waals surface area contributed by atoms with Crippen molar-refractivity contribution in [2.45, 2.75) is 64.8 Å². The predicted molar refractivity (Wildman–Crippen MR) is 91.2 cm³/mol. The van der Waals surface area contributed by atoms with E-state index in [-0.39, 0.29) is 17.9 Å². The predicted octanol–water partition coefficient (Wildman–Crippen LogP) is 1.73. The van der Waals surface area contributed by atoms with E-state index in [9.17, 15) is 13.2 Å². The van der Waals surface area contributed by atoms with E-state index in [1.807, 2.05) is 13.8 Å². The Balaban J connectivity index is 2.00. The Morgan fingerprint density at radius 2 is 1.70 bits per heavy atom. The third kappa shape index (κ3) is 4.90. The SMILES string of the molecule is CCC(C)NC(=O)C1CCCN(S(=O)(=O)N2CCCCCC2)C1. The van der Waals surface area contributed by atoms with Gasteiger partial charge in [0.05, 0.1) is 5.92 Å². The monoisotopic (exact) mass is 345 g/mol.